The maximum absolute atomic E-state index is 11.9. The lowest BCUT2D eigenvalue weighted by Crippen LogP contribution is -2.61. The molecule has 1 fully saturated rings. The maximum atomic E-state index is 11.9. The van der Waals surface area contributed by atoms with Gasteiger partial charge in [0.15, 0.2) is 5.84 Å². The van der Waals surface area contributed by atoms with Crippen molar-refractivity contribution in [1.82, 2.24) is 4.90 Å². The maximum Gasteiger partial charge on any atom is 0.410 e. The molecule has 1 saturated heterocycles. The van der Waals surface area contributed by atoms with Crippen molar-refractivity contribution in [2.45, 2.75) is 32.0 Å². The molecule has 22 heavy (non-hydrogen) atoms. The van der Waals surface area contributed by atoms with Gasteiger partial charge in [0.05, 0.1) is 13.1 Å². The fourth-order valence-corrected chi connectivity index (χ4v) is 2.23. The highest BCUT2D eigenvalue weighted by molar-refractivity contribution is 5.97. The minimum absolute atomic E-state index is 0.00234. The normalized spacial score (nSPS) is 17.8. The molecule has 0 aromatic heterocycles. The monoisotopic (exact) mass is 307 g/mol. The summed E-state index contributed by atoms with van der Waals surface area (Å²) in [5, 5.41) is 22.1. The average molecular weight is 307 g/mol. The Morgan fingerprint density at radius 2 is 1.86 bits per heavy atom. The molecule has 120 valence electrons. The smallest absolute Gasteiger partial charge is 0.410 e. The largest absolute Gasteiger partial charge is 0.444 e. The molecule has 0 saturated carbocycles. The highest BCUT2D eigenvalue weighted by Gasteiger charge is 2.46. The second kappa shape index (κ2) is 5.49. The van der Waals surface area contributed by atoms with Crippen LogP contribution in [-0.4, -0.2) is 45.8 Å². The summed E-state index contributed by atoms with van der Waals surface area (Å²) in [6.07, 6.45) is -0.439. The lowest BCUT2D eigenvalue weighted by atomic mass is 9.86. The quantitative estimate of drug-likeness (QED) is 0.329. The molecule has 7 heteroatoms. The SMILES string of the molecule is CC(C)(C)OC(=O)N1CC(O)(c2ccc(/C(N)=N\O)cc2)C1. The molecule has 1 aromatic carbocycles. The molecular weight excluding hydrogens is 286 g/mol. The van der Waals surface area contributed by atoms with Crippen molar-refractivity contribution in [3.63, 3.8) is 0 Å². The van der Waals surface area contributed by atoms with Crippen LogP contribution >= 0.6 is 0 Å². The summed E-state index contributed by atoms with van der Waals surface area (Å²) >= 11 is 0. The first-order chi connectivity index (χ1) is 10.1. The van der Waals surface area contributed by atoms with Crippen LogP contribution in [0, 0.1) is 0 Å². The molecule has 0 radical (unpaired) electrons. The van der Waals surface area contributed by atoms with E-state index in [-0.39, 0.29) is 18.9 Å². The summed E-state index contributed by atoms with van der Waals surface area (Å²) in [5.41, 5.74) is 5.05. The average Bonchev–Trinajstić information content (AvgIpc) is 2.41. The van der Waals surface area contributed by atoms with Gasteiger partial charge in [0.2, 0.25) is 0 Å². The molecule has 1 aromatic rings. The van der Waals surface area contributed by atoms with Crippen molar-refractivity contribution in [3.05, 3.63) is 35.4 Å². The molecule has 1 heterocycles. The number of rotatable bonds is 2. The number of nitrogens with zero attached hydrogens (tertiary/aromatic N) is 2. The van der Waals surface area contributed by atoms with E-state index in [0.29, 0.717) is 11.1 Å². The lowest BCUT2D eigenvalue weighted by molar-refractivity contribution is -0.103. The summed E-state index contributed by atoms with van der Waals surface area (Å²) in [6, 6.07) is 6.69. The number of aliphatic hydroxyl groups is 1. The van der Waals surface area contributed by atoms with Gasteiger partial charge in [-0.2, -0.15) is 0 Å². The molecular formula is C15H21N3O4. The second-order valence-electron chi connectivity index (χ2n) is 6.43. The third-order valence-electron chi connectivity index (χ3n) is 3.38. The number of β-amino-alcohol motifs (C(OH)–C–C–N with tert-alkyl or cyclic N) is 1. The summed E-state index contributed by atoms with van der Waals surface area (Å²) in [5.74, 6) is 0.00234. The van der Waals surface area contributed by atoms with Crippen LogP contribution in [0.3, 0.4) is 0 Å². The van der Waals surface area contributed by atoms with Crippen molar-refractivity contribution in [2.75, 3.05) is 13.1 Å². The minimum Gasteiger partial charge on any atom is -0.444 e. The third kappa shape index (κ3) is 3.30. The molecule has 0 spiro atoms. The van der Waals surface area contributed by atoms with Gasteiger partial charge in [-0.25, -0.2) is 4.79 Å². The predicted octanol–water partition coefficient (Wildman–Crippen LogP) is 1.22. The van der Waals surface area contributed by atoms with E-state index in [0.717, 1.165) is 0 Å². The van der Waals surface area contributed by atoms with Crippen molar-refractivity contribution < 1.29 is 19.8 Å². The van der Waals surface area contributed by atoms with Crippen LogP contribution in [0.2, 0.25) is 0 Å². The first-order valence-electron chi connectivity index (χ1n) is 6.93. The molecule has 1 aliphatic rings. The van der Waals surface area contributed by atoms with Crippen LogP contribution in [-0.2, 0) is 10.3 Å². The predicted molar refractivity (Wildman–Crippen MR) is 80.7 cm³/mol. The van der Waals surface area contributed by atoms with Gasteiger partial charge in [-0.3, -0.25) is 0 Å². The zero-order valence-electron chi connectivity index (χ0n) is 12.9. The Hall–Kier alpha value is -2.28. The Bertz CT molecular complexity index is 584. The molecule has 0 aliphatic carbocycles. The van der Waals surface area contributed by atoms with Crippen LogP contribution in [0.5, 0.6) is 0 Å². The Labute approximate surface area is 129 Å². The zero-order valence-corrected chi connectivity index (χ0v) is 12.9. The summed E-state index contributed by atoms with van der Waals surface area (Å²) in [6.45, 7) is 5.73. The van der Waals surface area contributed by atoms with Gasteiger partial charge >= 0.3 is 6.09 Å². The molecule has 0 bridgehead atoms. The highest BCUT2D eigenvalue weighted by atomic mass is 16.6. The van der Waals surface area contributed by atoms with E-state index >= 15 is 0 Å². The number of hydrogen-bond donors (Lipinski definition) is 3. The summed E-state index contributed by atoms with van der Waals surface area (Å²) in [7, 11) is 0. The molecule has 2 rings (SSSR count). The Morgan fingerprint density at radius 3 is 2.32 bits per heavy atom. The fourth-order valence-electron chi connectivity index (χ4n) is 2.23. The van der Waals surface area contributed by atoms with Crippen molar-refractivity contribution >= 4 is 11.9 Å². The fraction of sp³-hybridized carbons (Fsp3) is 0.467. The number of carbonyl (C=O) groups is 1. The topological polar surface area (TPSA) is 108 Å². The molecule has 0 unspecified atom stereocenters. The number of oxime groups is 1. The molecule has 7 nitrogen and oxygen atoms in total. The zero-order chi connectivity index (χ0) is 16.5. The van der Waals surface area contributed by atoms with Gasteiger partial charge in [-0.15, -0.1) is 0 Å². The van der Waals surface area contributed by atoms with Crippen molar-refractivity contribution in [2.24, 2.45) is 10.9 Å². The summed E-state index contributed by atoms with van der Waals surface area (Å²) < 4.78 is 5.25. The van der Waals surface area contributed by atoms with Gasteiger partial charge < -0.3 is 25.7 Å². The van der Waals surface area contributed by atoms with Gasteiger partial charge in [0.1, 0.15) is 11.2 Å². The first kappa shape index (κ1) is 16.1. The van der Waals surface area contributed by atoms with E-state index in [9.17, 15) is 9.90 Å². The van der Waals surface area contributed by atoms with Crippen molar-refractivity contribution in [3.8, 4) is 0 Å². The van der Waals surface area contributed by atoms with Crippen LogP contribution in [0.15, 0.2) is 29.4 Å². The van der Waals surface area contributed by atoms with Gasteiger partial charge in [-0.05, 0) is 26.3 Å². The van der Waals surface area contributed by atoms with E-state index in [1.54, 1.807) is 45.0 Å². The lowest BCUT2D eigenvalue weighted by Gasteiger charge is -2.46. The number of hydrogen-bond acceptors (Lipinski definition) is 5. The Morgan fingerprint density at radius 1 is 1.32 bits per heavy atom. The van der Waals surface area contributed by atoms with Crippen molar-refractivity contribution in [1.29, 1.82) is 0 Å². The van der Waals surface area contributed by atoms with E-state index in [1.807, 2.05) is 0 Å². The van der Waals surface area contributed by atoms with E-state index in [1.165, 1.54) is 4.90 Å². The van der Waals surface area contributed by atoms with Crippen LogP contribution in [0.4, 0.5) is 4.79 Å². The number of nitrogens with two attached hydrogens (primary N) is 1. The number of amidine groups is 1. The Kier molecular flexibility index (Phi) is 4.02. The third-order valence-corrected chi connectivity index (χ3v) is 3.38. The number of likely N-dealkylation sites (tertiary alicyclic amines) is 1. The molecule has 1 aliphatic heterocycles. The van der Waals surface area contributed by atoms with E-state index in [4.69, 9.17) is 15.7 Å². The van der Waals surface area contributed by atoms with Gasteiger partial charge in [0.25, 0.3) is 0 Å². The second-order valence-corrected chi connectivity index (χ2v) is 6.43. The van der Waals surface area contributed by atoms with E-state index < -0.39 is 17.3 Å². The number of benzene rings is 1. The molecule has 0 atom stereocenters. The number of amides is 1. The van der Waals surface area contributed by atoms with Gasteiger partial charge in [-0.1, -0.05) is 29.4 Å². The number of carbonyl (C=O) groups excluding carboxylic acids is 1. The van der Waals surface area contributed by atoms with Crippen LogP contribution in [0.25, 0.3) is 0 Å². The molecule has 1 amide bonds. The standard InChI is InChI=1S/C15H21N3O4/c1-14(2,3)22-13(19)18-8-15(20,9-18)11-6-4-10(5-7-11)12(16)17-21/h4-7,20-21H,8-9H2,1-3H3,(H2,16,17). The van der Waals surface area contributed by atoms with E-state index in [2.05, 4.69) is 5.16 Å². The minimum atomic E-state index is -1.10. The summed E-state index contributed by atoms with van der Waals surface area (Å²) in [4.78, 5) is 13.3. The van der Waals surface area contributed by atoms with Gasteiger partial charge in [0, 0.05) is 5.56 Å². The molecule has 4 N–H and O–H groups in total. The highest BCUT2D eigenvalue weighted by Crippen LogP contribution is 2.33. The van der Waals surface area contributed by atoms with Crippen LogP contribution < -0.4 is 5.73 Å². The first-order valence-corrected chi connectivity index (χ1v) is 6.93. The van der Waals surface area contributed by atoms with Crippen LogP contribution in [0.1, 0.15) is 31.9 Å². The Balaban J connectivity index is 2.02. The number of ether oxygens (including phenoxy) is 1.